The van der Waals surface area contributed by atoms with Crippen LogP contribution in [0.25, 0.3) is 0 Å². The summed E-state index contributed by atoms with van der Waals surface area (Å²) in [6, 6.07) is 5.54. The topological polar surface area (TPSA) is 38.3 Å². The Morgan fingerprint density at radius 3 is 2.58 bits per heavy atom. The predicted octanol–water partition coefficient (Wildman–Crippen LogP) is 3.52. The minimum absolute atomic E-state index is 0.00746. The van der Waals surface area contributed by atoms with Gasteiger partial charge in [0.15, 0.2) is 0 Å². The van der Waals surface area contributed by atoms with Crippen molar-refractivity contribution in [3.05, 3.63) is 28.2 Å². The van der Waals surface area contributed by atoms with Crippen LogP contribution in [0.2, 0.25) is 0 Å². The zero-order chi connectivity index (χ0) is 13.6. The van der Waals surface area contributed by atoms with Crippen LogP contribution in [-0.2, 0) is 0 Å². The van der Waals surface area contributed by atoms with Gasteiger partial charge in [0.1, 0.15) is 5.75 Å². The molecule has 0 radical (unpaired) electrons. The van der Waals surface area contributed by atoms with E-state index in [0.717, 1.165) is 35.4 Å². The van der Waals surface area contributed by atoms with E-state index in [9.17, 15) is 4.79 Å². The van der Waals surface area contributed by atoms with Crippen molar-refractivity contribution in [2.75, 3.05) is 0 Å². The fraction of sp³-hybridized carbons (Fsp3) is 0.533. The summed E-state index contributed by atoms with van der Waals surface area (Å²) < 4.78 is 6.53. The molecule has 2 bridgehead atoms. The van der Waals surface area contributed by atoms with Crippen molar-refractivity contribution < 1.29 is 9.53 Å². The van der Waals surface area contributed by atoms with E-state index in [-0.39, 0.29) is 17.6 Å². The smallest absolute Gasteiger partial charge is 0.251 e. The fourth-order valence-corrected chi connectivity index (χ4v) is 3.45. The van der Waals surface area contributed by atoms with Crippen molar-refractivity contribution >= 4 is 21.8 Å². The highest BCUT2D eigenvalue weighted by Gasteiger charge is 2.57. The largest absolute Gasteiger partial charge is 0.491 e. The maximum Gasteiger partial charge on any atom is 0.251 e. The average Bonchev–Trinajstić information content (AvgIpc) is 2.19. The summed E-state index contributed by atoms with van der Waals surface area (Å²) in [5.41, 5.74) is 0.776. The first-order valence-corrected chi connectivity index (χ1v) is 7.55. The van der Waals surface area contributed by atoms with Crippen molar-refractivity contribution in [2.45, 2.75) is 44.8 Å². The van der Waals surface area contributed by atoms with Gasteiger partial charge in [-0.05, 0) is 57.2 Å². The summed E-state index contributed by atoms with van der Waals surface area (Å²) in [6.45, 7) is 3.95. The Balaban J connectivity index is 1.75. The van der Waals surface area contributed by atoms with E-state index >= 15 is 0 Å². The lowest BCUT2D eigenvalue weighted by molar-refractivity contribution is -0.0438. The second-order valence-electron chi connectivity index (χ2n) is 6.06. The number of hydrogen-bond acceptors (Lipinski definition) is 2. The molecule has 0 aliphatic heterocycles. The van der Waals surface area contributed by atoms with E-state index in [1.807, 2.05) is 32.0 Å². The van der Waals surface area contributed by atoms with Gasteiger partial charge in [0.25, 0.3) is 5.91 Å². The van der Waals surface area contributed by atoms with Crippen LogP contribution in [0.4, 0.5) is 0 Å². The third-order valence-corrected chi connectivity index (χ3v) is 4.38. The van der Waals surface area contributed by atoms with Crippen molar-refractivity contribution in [1.29, 1.82) is 0 Å². The molecule has 4 heteroatoms. The highest BCUT2D eigenvalue weighted by molar-refractivity contribution is 9.10. The second kappa shape index (κ2) is 4.51. The highest BCUT2D eigenvalue weighted by atomic mass is 79.9. The Labute approximate surface area is 121 Å². The molecule has 1 aromatic rings. The molecule has 0 atom stereocenters. The van der Waals surface area contributed by atoms with Crippen molar-refractivity contribution in [1.82, 2.24) is 5.32 Å². The summed E-state index contributed by atoms with van der Waals surface area (Å²) in [7, 11) is 0. The predicted molar refractivity (Wildman–Crippen MR) is 77.4 cm³/mol. The Morgan fingerprint density at radius 2 is 2.05 bits per heavy atom. The maximum absolute atomic E-state index is 12.3. The molecule has 3 saturated carbocycles. The lowest BCUT2D eigenvalue weighted by atomic mass is 9.50. The van der Waals surface area contributed by atoms with Crippen LogP contribution in [0.5, 0.6) is 5.75 Å². The molecule has 102 valence electrons. The standard InChI is InChI=1S/C15H18BrNO2/c1-9(2)19-13-4-11(3-12(16)5-13)14(18)17-15-6-10(7-15)8-15/h3-5,9-10H,6-8H2,1-2H3,(H,17,18). The minimum atomic E-state index is 0.00746. The first kappa shape index (κ1) is 13.0. The van der Waals surface area contributed by atoms with Crippen LogP contribution < -0.4 is 10.1 Å². The lowest BCUT2D eigenvalue weighted by Crippen LogP contribution is -2.68. The SMILES string of the molecule is CC(C)Oc1cc(Br)cc(C(=O)NC23CC(C2)C3)c1. The number of hydrogen-bond donors (Lipinski definition) is 1. The van der Waals surface area contributed by atoms with Crippen LogP contribution in [-0.4, -0.2) is 17.6 Å². The summed E-state index contributed by atoms with van der Waals surface area (Å²) in [5, 5.41) is 3.17. The average molecular weight is 324 g/mol. The zero-order valence-electron chi connectivity index (χ0n) is 11.2. The molecule has 3 fully saturated rings. The van der Waals surface area contributed by atoms with Crippen molar-refractivity contribution in [2.24, 2.45) is 5.92 Å². The van der Waals surface area contributed by atoms with Crippen LogP contribution in [0, 0.1) is 5.92 Å². The Morgan fingerprint density at radius 1 is 1.37 bits per heavy atom. The minimum Gasteiger partial charge on any atom is -0.491 e. The number of carbonyl (C=O) groups is 1. The maximum atomic E-state index is 12.3. The zero-order valence-corrected chi connectivity index (χ0v) is 12.8. The molecule has 0 spiro atoms. The first-order valence-electron chi connectivity index (χ1n) is 6.76. The summed E-state index contributed by atoms with van der Waals surface area (Å²) in [4.78, 5) is 12.3. The van der Waals surface area contributed by atoms with Gasteiger partial charge in [-0.3, -0.25) is 4.79 Å². The van der Waals surface area contributed by atoms with Gasteiger partial charge in [0, 0.05) is 15.6 Å². The van der Waals surface area contributed by atoms with Gasteiger partial charge < -0.3 is 10.1 Å². The van der Waals surface area contributed by atoms with Gasteiger partial charge in [-0.15, -0.1) is 0 Å². The quantitative estimate of drug-likeness (QED) is 0.920. The summed E-state index contributed by atoms with van der Waals surface area (Å²) in [6.07, 6.45) is 3.56. The monoisotopic (exact) mass is 323 g/mol. The molecule has 1 amide bonds. The molecule has 1 N–H and O–H groups in total. The molecule has 0 saturated heterocycles. The van der Waals surface area contributed by atoms with E-state index in [4.69, 9.17) is 4.74 Å². The Hall–Kier alpha value is -1.03. The Bertz CT molecular complexity index is 510. The molecule has 1 aromatic carbocycles. The van der Waals surface area contributed by atoms with Gasteiger partial charge in [-0.1, -0.05) is 15.9 Å². The number of benzene rings is 1. The molecule has 0 unspecified atom stereocenters. The van der Waals surface area contributed by atoms with Crippen LogP contribution in [0.15, 0.2) is 22.7 Å². The van der Waals surface area contributed by atoms with Gasteiger partial charge in [0.2, 0.25) is 0 Å². The molecular weight excluding hydrogens is 306 g/mol. The number of ether oxygens (including phenoxy) is 1. The summed E-state index contributed by atoms with van der Waals surface area (Å²) in [5.74, 6) is 1.60. The van der Waals surface area contributed by atoms with E-state index in [1.54, 1.807) is 0 Å². The third kappa shape index (κ3) is 2.50. The van der Waals surface area contributed by atoms with Crippen molar-refractivity contribution in [3.8, 4) is 5.75 Å². The molecular formula is C15H18BrNO2. The second-order valence-corrected chi connectivity index (χ2v) is 6.97. The Kier molecular flexibility index (Phi) is 3.08. The van der Waals surface area contributed by atoms with E-state index in [1.165, 1.54) is 0 Å². The van der Waals surface area contributed by atoms with Crippen LogP contribution >= 0.6 is 15.9 Å². The van der Waals surface area contributed by atoms with Crippen molar-refractivity contribution in [3.63, 3.8) is 0 Å². The van der Waals surface area contributed by atoms with Crippen LogP contribution in [0.1, 0.15) is 43.5 Å². The van der Waals surface area contributed by atoms with Gasteiger partial charge >= 0.3 is 0 Å². The summed E-state index contributed by atoms with van der Waals surface area (Å²) >= 11 is 3.43. The van der Waals surface area contributed by atoms with E-state index < -0.39 is 0 Å². The third-order valence-electron chi connectivity index (χ3n) is 3.92. The van der Waals surface area contributed by atoms with Gasteiger partial charge in [-0.25, -0.2) is 0 Å². The number of halogens is 1. The lowest BCUT2D eigenvalue weighted by Gasteiger charge is -2.61. The number of nitrogens with one attached hydrogen (secondary N) is 1. The number of amides is 1. The van der Waals surface area contributed by atoms with Gasteiger partial charge in [0.05, 0.1) is 6.10 Å². The molecule has 0 aromatic heterocycles. The van der Waals surface area contributed by atoms with E-state index in [0.29, 0.717) is 5.56 Å². The molecule has 4 rings (SSSR count). The number of carbonyl (C=O) groups excluding carboxylic acids is 1. The first-order chi connectivity index (χ1) is 8.96. The number of rotatable bonds is 4. The molecule has 3 aliphatic rings. The molecule has 3 aliphatic carbocycles. The van der Waals surface area contributed by atoms with E-state index in [2.05, 4.69) is 21.2 Å². The normalized spacial score (nSPS) is 27.5. The van der Waals surface area contributed by atoms with Crippen LogP contribution in [0.3, 0.4) is 0 Å². The molecule has 0 heterocycles. The highest BCUT2D eigenvalue weighted by Crippen LogP contribution is 2.57. The van der Waals surface area contributed by atoms with Gasteiger partial charge in [-0.2, -0.15) is 0 Å². The molecule has 19 heavy (non-hydrogen) atoms. The fourth-order valence-electron chi connectivity index (χ4n) is 2.98. The molecule has 3 nitrogen and oxygen atoms in total.